The Kier molecular flexibility index (Phi) is 7.33. The third-order valence-electron chi connectivity index (χ3n) is 5.06. The fourth-order valence-electron chi connectivity index (χ4n) is 3.40. The minimum absolute atomic E-state index is 0.0783. The topological polar surface area (TPSA) is 52.7 Å². The van der Waals surface area contributed by atoms with Gasteiger partial charge in [-0.1, -0.05) is 23.2 Å². The standard InChI is InChI=1S/C19H27Cl2N3O2/c1-12-6-5-7-13(2)24(12)19(26)14(3)23(4)11-18(25)22-15-8-9-16(20)17(21)10-15/h8-10,12-14H,5-7,11H2,1-4H3,(H,22,25)/t12-,13-,14+/m0/s1. The fourth-order valence-corrected chi connectivity index (χ4v) is 3.70. The van der Waals surface area contributed by atoms with Gasteiger partial charge < -0.3 is 10.2 Å². The highest BCUT2D eigenvalue weighted by molar-refractivity contribution is 6.42. The monoisotopic (exact) mass is 399 g/mol. The summed E-state index contributed by atoms with van der Waals surface area (Å²) < 4.78 is 0. The first-order valence-electron chi connectivity index (χ1n) is 8.98. The predicted molar refractivity (Wildman–Crippen MR) is 107 cm³/mol. The van der Waals surface area contributed by atoms with E-state index in [9.17, 15) is 9.59 Å². The van der Waals surface area contributed by atoms with Crippen LogP contribution in [0.2, 0.25) is 10.0 Å². The van der Waals surface area contributed by atoms with Crippen molar-refractivity contribution in [2.75, 3.05) is 18.9 Å². The number of carbonyl (C=O) groups excluding carboxylic acids is 2. The second kappa shape index (κ2) is 9.07. The number of hydrogen-bond acceptors (Lipinski definition) is 3. The molecule has 1 heterocycles. The highest BCUT2D eigenvalue weighted by Gasteiger charge is 2.33. The minimum Gasteiger partial charge on any atom is -0.336 e. The zero-order chi connectivity index (χ0) is 19.4. The van der Waals surface area contributed by atoms with E-state index in [1.807, 2.05) is 11.8 Å². The Morgan fingerprint density at radius 3 is 2.42 bits per heavy atom. The number of likely N-dealkylation sites (N-methyl/N-ethyl adjacent to an activating group) is 1. The van der Waals surface area contributed by atoms with Crippen LogP contribution in [0.5, 0.6) is 0 Å². The van der Waals surface area contributed by atoms with Crippen molar-refractivity contribution in [2.24, 2.45) is 0 Å². The maximum atomic E-state index is 12.9. The zero-order valence-corrected chi connectivity index (χ0v) is 17.3. The molecule has 0 spiro atoms. The summed E-state index contributed by atoms with van der Waals surface area (Å²) in [6.45, 7) is 6.15. The van der Waals surface area contributed by atoms with Gasteiger partial charge in [-0.3, -0.25) is 14.5 Å². The molecule has 0 radical (unpaired) electrons. The summed E-state index contributed by atoms with van der Waals surface area (Å²) in [6, 6.07) is 5.05. The molecule has 0 aromatic heterocycles. The van der Waals surface area contributed by atoms with Crippen LogP contribution in [0.25, 0.3) is 0 Å². The van der Waals surface area contributed by atoms with Gasteiger partial charge in [-0.25, -0.2) is 0 Å². The quantitative estimate of drug-likeness (QED) is 0.812. The molecular formula is C19H27Cl2N3O2. The summed E-state index contributed by atoms with van der Waals surface area (Å²) in [7, 11) is 1.79. The van der Waals surface area contributed by atoms with Gasteiger partial charge in [0.1, 0.15) is 0 Å². The summed E-state index contributed by atoms with van der Waals surface area (Å²) in [6.07, 6.45) is 3.22. The zero-order valence-electron chi connectivity index (χ0n) is 15.8. The maximum absolute atomic E-state index is 12.9. The van der Waals surface area contributed by atoms with Crippen molar-refractivity contribution in [3.63, 3.8) is 0 Å². The Morgan fingerprint density at radius 1 is 1.23 bits per heavy atom. The number of carbonyl (C=O) groups is 2. The molecule has 2 rings (SSSR count). The Hall–Kier alpha value is -1.30. The summed E-state index contributed by atoms with van der Waals surface area (Å²) in [4.78, 5) is 28.9. The minimum atomic E-state index is -0.363. The van der Waals surface area contributed by atoms with Crippen LogP contribution in [0.15, 0.2) is 18.2 Å². The number of piperidine rings is 1. The Balaban J connectivity index is 1.94. The second-order valence-electron chi connectivity index (χ2n) is 7.14. The molecule has 1 saturated heterocycles. The summed E-state index contributed by atoms with van der Waals surface area (Å²) in [5.41, 5.74) is 0.579. The molecule has 1 aromatic carbocycles. The van der Waals surface area contributed by atoms with E-state index in [2.05, 4.69) is 19.2 Å². The van der Waals surface area contributed by atoms with Crippen LogP contribution in [0.1, 0.15) is 40.0 Å². The average Bonchev–Trinajstić information content (AvgIpc) is 2.57. The van der Waals surface area contributed by atoms with Crippen LogP contribution in [0, 0.1) is 0 Å². The number of nitrogens with zero attached hydrogens (tertiary/aromatic N) is 2. The van der Waals surface area contributed by atoms with Crippen molar-refractivity contribution in [1.82, 2.24) is 9.80 Å². The Labute approximate surface area is 165 Å². The molecule has 1 aliphatic heterocycles. The lowest BCUT2D eigenvalue weighted by Gasteiger charge is -2.41. The fraction of sp³-hybridized carbons (Fsp3) is 0.579. The molecule has 3 atom stereocenters. The molecule has 26 heavy (non-hydrogen) atoms. The van der Waals surface area contributed by atoms with Crippen LogP contribution >= 0.6 is 23.2 Å². The number of halogens is 2. The number of likely N-dealkylation sites (tertiary alicyclic amines) is 1. The highest BCUT2D eigenvalue weighted by Crippen LogP contribution is 2.25. The largest absolute Gasteiger partial charge is 0.336 e. The Bertz CT molecular complexity index is 658. The molecule has 1 fully saturated rings. The molecular weight excluding hydrogens is 373 g/mol. The van der Waals surface area contributed by atoms with Crippen molar-refractivity contribution < 1.29 is 9.59 Å². The van der Waals surface area contributed by atoms with Gasteiger partial charge in [0, 0.05) is 17.8 Å². The summed E-state index contributed by atoms with van der Waals surface area (Å²) in [5, 5.41) is 3.60. The lowest BCUT2D eigenvalue weighted by atomic mass is 9.96. The molecule has 5 nitrogen and oxygen atoms in total. The first-order valence-corrected chi connectivity index (χ1v) is 9.73. The molecule has 0 saturated carbocycles. The maximum Gasteiger partial charge on any atom is 0.240 e. The van der Waals surface area contributed by atoms with Gasteiger partial charge >= 0.3 is 0 Å². The third-order valence-corrected chi connectivity index (χ3v) is 5.80. The van der Waals surface area contributed by atoms with Crippen molar-refractivity contribution in [2.45, 2.75) is 58.2 Å². The van der Waals surface area contributed by atoms with Crippen molar-refractivity contribution >= 4 is 40.7 Å². The summed E-state index contributed by atoms with van der Waals surface area (Å²) >= 11 is 11.8. The van der Waals surface area contributed by atoms with E-state index < -0.39 is 0 Å². The van der Waals surface area contributed by atoms with Gasteiger partial charge in [0.2, 0.25) is 11.8 Å². The van der Waals surface area contributed by atoms with E-state index >= 15 is 0 Å². The number of amides is 2. The van der Waals surface area contributed by atoms with Crippen LogP contribution in [0.4, 0.5) is 5.69 Å². The normalized spacial score (nSPS) is 21.6. The smallest absolute Gasteiger partial charge is 0.240 e. The lowest BCUT2D eigenvalue weighted by molar-refractivity contribution is -0.142. The number of hydrogen-bond donors (Lipinski definition) is 1. The van der Waals surface area contributed by atoms with Crippen molar-refractivity contribution in [1.29, 1.82) is 0 Å². The molecule has 144 valence electrons. The second-order valence-corrected chi connectivity index (χ2v) is 7.96. The predicted octanol–water partition coefficient (Wildman–Crippen LogP) is 4.04. The van der Waals surface area contributed by atoms with Crippen LogP contribution in [0.3, 0.4) is 0 Å². The molecule has 1 aliphatic rings. The molecule has 2 amide bonds. The molecule has 0 unspecified atom stereocenters. The SMILES string of the molecule is C[C@H](C(=O)N1[C@@H](C)CCC[C@@H]1C)N(C)CC(=O)Nc1ccc(Cl)c(Cl)c1. The van der Waals surface area contributed by atoms with Gasteiger partial charge in [0.25, 0.3) is 0 Å². The molecule has 0 aliphatic carbocycles. The lowest BCUT2D eigenvalue weighted by Crippen LogP contribution is -2.54. The molecule has 1 aromatic rings. The van der Waals surface area contributed by atoms with E-state index in [4.69, 9.17) is 23.2 Å². The molecule has 7 heteroatoms. The van der Waals surface area contributed by atoms with E-state index in [-0.39, 0.29) is 36.5 Å². The van der Waals surface area contributed by atoms with Crippen molar-refractivity contribution in [3.8, 4) is 0 Å². The van der Waals surface area contributed by atoms with Crippen molar-refractivity contribution in [3.05, 3.63) is 28.2 Å². The number of nitrogens with one attached hydrogen (secondary N) is 1. The number of benzene rings is 1. The van der Waals surface area contributed by atoms with E-state index in [0.717, 1.165) is 19.3 Å². The average molecular weight is 400 g/mol. The third kappa shape index (κ3) is 5.12. The highest BCUT2D eigenvalue weighted by atomic mass is 35.5. The van der Waals surface area contributed by atoms with Crippen LogP contribution in [-0.2, 0) is 9.59 Å². The van der Waals surface area contributed by atoms with Gasteiger partial charge in [-0.05, 0) is 65.3 Å². The van der Waals surface area contributed by atoms with Gasteiger partial charge in [0.05, 0.1) is 22.6 Å². The van der Waals surface area contributed by atoms with Gasteiger partial charge in [0.15, 0.2) is 0 Å². The number of rotatable bonds is 5. The van der Waals surface area contributed by atoms with Crippen LogP contribution in [-0.4, -0.2) is 53.3 Å². The van der Waals surface area contributed by atoms with Crippen LogP contribution < -0.4 is 5.32 Å². The van der Waals surface area contributed by atoms with Gasteiger partial charge in [-0.15, -0.1) is 0 Å². The first kappa shape index (κ1) is 21.0. The Morgan fingerprint density at radius 2 is 1.85 bits per heavy atom. The summed E-state index contributed by atoms with van der Waals surface area (Å²) in [5.74, 6) is -0.125. The molecule has 1 N–H and O–H groups in total. The molecule has 0 bridgehead atoms. The van der Waals surface area contributed by atoms with E-state index in [1.165, 1.54) is 0 Å². The van der Waals surface area contributed by atoms with Gasteiger partial charge in [-0.2, -0.15) is 0 Å². The number of anilines is 1. The first-order chi connectivity index (χ1) is 12.2. The van der Waals surface area contributed by atoms with E-state index in [1.54, 1.807) is 30.1 Å². The van der Waals surface area contributed by atoms with E-state index in [0.29, 0.717) is 15.7 Å².